The van der Waals surface area contributed by atoms with E-state index in [9.17, 15) is 66.6 Å². The van der Waals surface area contributed by atoms with Crippen LogP contribution in [0.1, 0.15) is 22.3 Å². The number of hydrogen-bond donors (Lipinski definition) is 13. The molecule has 0 aromatic heterocycles. The lowest BCUT2D eigenvalue weighted by Gasteiger charge is -2.23. The van der Waals surface area contributed by atoms with Crippen LogP contribution < -0.4 is 63.8 Å². The lowest BCUT2D eigenvalue weighted by atomic mass is 10.0. The summed E-state index contributed by atoms with van der Waals surface area (Å²) in [7, 11) is -0.742. The Kier molecular flexibility index (Phi) is 24.3. The molecule has 6 aromatic carbocycles. The third kappa shape index (κ3) is 19.1. The van der Waals surface area contributed by atoms with Crippen LogP contribution in [0.4, 0.5) is 5.69 Å². The van der Waals surface area contributed by atoms with Crippen molar-refractivity contribution in [1.82, 2.24) is 52.4 Å². The number of imide groups is 1. The van der Waals surface area contributed by atoms with E-state index in [0.717, 1.165) is 10.6 Å². The molecule has 0 saturated heterocycles. The molecule has 30 heteroatoms. The van der Waals surface area contributed by atoms with Crippen molar-refractivity contribution in [2.24, 2.45) is 11.5 Å². The Labute approximate surface area is 549 Å². The van der Waals surface area contributed by atoms with Crippen LogP contribution in [-0.4, -0.2) is 171 Å². The van der Waals surface area contributed by atoms with Crippen LogP contribution in [-0.2, 0) is 83.7 Å². The molecule has 6 aromatic rings. The van der Waals surface area contributed by atoms with Crippen molar-refractivity contribution in [1.29, 1.82) is 0 Å². The number of amides is 10. The average molecular weight is 1340 g/mol. The van der Waals surface area contributed by atoms with Gasteiger partial charge < -0.3 is 58.5 Å². The minimum absolute atomic E-state index is 0.0545. The predicted molar refractivity (Wildman–Crippen MR) is 352 cm³/mol. The maximum absolute atomic E-state index is 14.8. The zero-order valence-corrected chi connectivity index (χ0v) is 53.4. The molecule has 0 radical (unpaired) electrons. The van der Waals surface area contributed by atoms with Crippen LogP contribution in [0.5, 0.6) is 11.5 Å². The van der Waals surface area contributed by atoms with E-state index in [4.69, 9.17) is 11.5 Å². The zero-order chi connectivity index (χ0) is 67.6. The lowest BCUT2D eigenvalue weighted by Crippen LogP contribution is -2.59. The summed E-state index contributed by atoms with van der Waals surface area (Å²) in [6, 6.07) is 29.6. The van der Waals surface area contributed by atoms with Crippen LogP contribution in [0.25, 0.3) is 10.8 Å². The van der Waals surface area contributed by atoms with Crippen molar-refractivity contribution in [2.75, 3.05) is 56.7 Å². The number of rotatable bonds is 18. The Balaban J connectivity index is 1.13. The molecule has 0 saturated carbocycles. The highest BCUT2D eigenvalue weighted by atomic mass is 32.2. The molecule has 0 bridgehead atoms. The normalized spacial score (nSPS) is 19.0. The Morgan fingerprint density at radius 2 is 0.989 bits per heavy atom. The number of phenolic OH excluding ortho intramolecular Hbond substituents is 2. The first-order valence-corrected chi connectivity index (χ1v) is 32.9. The maximum atomic E-state index is 14.8. The summed E-state index contributed by atoms with van der Waals surface area (Å²) in [4.78, 5) is 144. The van der Waals surface area contributed by atoms with E-state index in [0.29, 0.717) is 56.6 Å². The van der Waals surface area contributed by atoms with Gasteiger partial charge in [0.2, 0.25) is 45.5 Å². The summed E-state index contributed by atoms with van der Waals surface area (Å²) < 4.78 is 30.7. The van der Waals surface area contributed by atoms with Crippen molar-refractivity contribution >= 4 is 109 Å². The van der Waals surface area contributed by atoms with Gasteiger partial charge >= 0.3 is 0 Å². The summed E-state index contributed by atoms with van der Waals surface area (Å²) >= 11 is 1.20. The molecule has 2 aliphatic rings. The van der Waals surface area contributed by atoms with Gasteiger partial charge in [-0.3, -0.25) is 63.7 Å². The predicted octanol–water partition coefficient (Wildman–Crippen LogP) is -0.400. The maximum Gasteiger partial charge on any atom is 0.268 e. The van der Waals surface area contributed by atoms with Crippen molar-refractivity contribution in [3.05, 3.63) is 178 Å². The highest BCUT2D eigenvalue weighted by molar-refractivity contribution is 8.08. The molecule has 0 unspecified atom stereocenters. The van der Waals surface area contributed by atoms with Gasteiger partial charge in [-0.05, 0) is 71.5 Å². The molecule has 0 aliphatic carbocycles. The van der Waals surface area contributed by atoms with Gasteiger partial charge in [0.05, 0.1) is 39.9 Å². The van der Waals surface area contributed by atoms with Crippen LogP contribution in [0.2, 0.25) is 0 Å². The molecule has 10 amide bonds. The van der Waals surface area contributed by atoms with Gasteiger partial charge in [-0.2, -0.15) is 0 Å². The number of anilines is 1. The van der Waals surface area contributed by atoms with Crippen molar-refractivity contribution in [2.45, 2.75) is 66.8 Å². The number of carbonyl (C=O) groups is 10. The minimum atomic E-state index is -4.35. The fraction of sp³-hybridized carbons (Fsp3) is 0.281. The number of phenols is 2. The van der Waals surface area contributed by atoms with E-state index in [1.807, 2.05) is 11.0 Å². The third-order valence-electron chi connectivity index (χ3n) is 14.9. The van der Waals surface area contributed by atoms with Gasteiger partial charge in [-0.25, -0.2) is 13.1 Å². The number of nitrogens with zero attached hydrogens (tertiary/aromatic N) is 2. The molecule has 494 valence electrons. The number of fused-ring (bicyclic) bond motifs is 1. The Morgan fingerprint density at radius 1 is 0.564 bits per heavy atom. The highest BCUT2D eigenvalue weighted by Crippen LogP contribution is 2.37. The number of benzene rings is 6. The largest absolute Gasteiger partial charge is 0.508 e. The molecular formula is C64H71N13O14S3. The molecule has 15 N–H and O–H groups in total. The first kappa shape index (κ1) is 70.0. The second-order valence-electron chi connectivity index (χ2n) is 22.1. The van der Waals surface area contributed by atoms with E-state index >= 15 is 0 Å². The Bertz CT molecular complexity index is 3750. The van der Waals surface area contributed by atoms with Gasteiger partial charge in [-0.1, -0.05) is 109 Å². The molecule has 94 heavy (non-hydrogen) atoms. The SMILES string of the molecule is CN(C)c1cccc2c(S(=O)(=O)NCCN3C(=O)C4=C(SC[C@@H](NC(=O)[C@@H](N)Cc5ccc(O)cc5)C(=O)NCC(=O)N[C@@H](Cc5ccccc5)C(=O)NNC(=O)[C@H](Cc5ccccc5)NC(=O)CNC(=O)[C@H](NC(=O)[C@@H](N)Cc5ccc(O)cc5)CS4)C3=O)cccc12. The monoisotopic (exact) mass is 1340 g/mol. The quantitative estimate of drug-likeness (QED) is 0.0487. The van der Waals surface area contributed by atoms with Gasteiger partial charge in [0.25, 0.3) is 23.6 Å². The number of sulfonamides is 1. The third-order valence-corrected chi connectivity index (χ3v) is 18.9. The molecule has 8 rings (SSSR count). The summed E-state index contributed by atoms with van der Waals surface area (Å²) in [5.41, 5.74) is 20.3. The molecule has 6 atom stereocenters. The smallest absolute Gasteiger partial charge is 0.268 e. The van der Waals surface area contributed by atoms with Crippen molar-refractivity contribution in [3.63, 3.8) is 0 Å². The number of hydrogen-bond acceptors (Lipinski definition) is 19. The average Bonchev–Trinajstić information content (AvgIpc) is 1.23. The number of thioether (sulfide) groups is 2. The number of nitrogens with one attached hydrogen (secondary N) is 9. The number of carbonyl (C=O) groups excluding carboxylic acids is 10. The fourth-order valence-corrected chi connectivity index (χ4v) is 13.6. The van der Waals surface area contributed by atoms with Crippen LogP contribution in [0.3, 0.4) is 0 Å². The van der Waals surface area contributed by atoms with E-state index in [1.54, 1.807) is 99.0 Å². The standard InChI is InChI=1S/C64H71N13O14S3/c1-76(2)51-17-9-16-44-43(51)15-10-18-52(44)94(90,91)69-27-28-77-63(88)55-56(64(77)89)93-36-50(73-58(83)46(66)30-40-21-25-42(79)26-22-40)60(85)68-34-54(81)71-48(32-38-13-7-4-8-14-38)62(87)75-74-61(86)47(31-37-11-5-3-6-12-37)70-53(80)33-67-59(84)49(35-92-55)72-57(82)45(65)29-39-19-23-41(78)24-20-39/h3-26,45-50,69,78-79H,27-36,65-66H2,1-2H3,(H,67,84)(H,68,85)(H,70,80)(H,71,81)(H,72,82)(H,73,83)(H,74,86)(H,75,87)/t45-,46-,47-,48-,49+,50+/m0/s1. The molecule has 0 spiro atoms. The molecule has 2 aliphatic heterocycles. The summed E-state index contributed by atoms with van der Waals surface area (Å²) in [5.74, 6) is -10.8. The number of hydrazine groups is 1. The zero-order valence-electron chi connectivity index (χ0n) is 51.0. The highest BCUT2D eigenvalue weighted by Gasteiger charge is 2.41. The Morgan fingerprint density at radius 3 is 1.43 bits per heavy atom. The van der Waals surface area contributed by atoms with E-state index in [1.165, 1.54) is 54.6 Å². The molecular weight excluding hydrogens is 1270 g/mol. The lowest BCUT2D eigenvalue weighted by molar-refractivity contribution is -0.137. The van der Waals surface area contributed by atoms with Gasteiger partial charge in [0.1, 0.15) is 35.7 Å². The first-order valence-electron chi connectivity index (χ1n) is 29.5. The fourth-order valence-electron chi connectivity index (χ4n) is 9.95. The van der Waals surface area contributed by atoms with E-state index < -0.39 is 143 Å². The minimum Gasteiger partial charge on any atom is -0.508 e. The number of nitrogens with two attached hydrogens (primary N) is 2. The second kappa shape index (κ2) is 32.6. The number of aromatic hydroxyl groups is 2. The molecule has 2 heterocycles. The summed E-state index contributed by atoms with van der Waals surface area (Å²) in [6.07, 6.45) is -0.470. The van der Waals surface area contributed by atoms with Gasteiger partial charge in [0.15, 0.2) is 0 Å². The topological polar surface area (TPSA) is 412 Å². The molecule has 27 nitrogen and oxygen atoms in total. The van der Waals surface area contributed by atoms with Crippen LogP contribution in [0, 0.1) is 0 Å². The summed E-state index contributed by atoms with van der Waals surface area (Å²) in [6.45, 7) is -2.74. The van der Waals surface area contributed by atoms with Crippen molar-refractivity contribution in [3.8, 4) is 11.5 Å². The molecule has 0 fully saturated rings. The van der Waals surface area contributed by atoms with E-state index in [2.05, 4.69) is 47.5 Å². The van der Waals surface area contributed by atoms with Crippen molar-refractivity contribution < 1.29 is 66.6 Å². The second-order valence-corrected chi connectivity index (χ2v) is 25.9. The first-order chi connectivity index (χ1) is 44.9. The van der Waals surface area contributed by atoms with Gasteiger partial charge in [-0.15, -0.1) is 23.5 Å². The van der Waals surface area contributed by atoms with E-state index in [-0.39, 0.29) is 51.9 Å². The summed E-state index contributed by atoms with van der Waals surface area (Å²) in [5, 5.41) is 35.9. The Hall–Kier alpha value is -9.85. The van der Waals surface area contributed by atoms with Crippen LogP contribution >= 0.6 is 23.5 Å². The van der Waals surface area contributed by atoms with Crippen LogP contribution in [0.15, 0.2) is 160 Å². The van der Waals surface area contributed by atoms with Gasteiger partial charge in [0, 0.05) is 68.0 Å².